The van der Waals surface area contributed by atoms with E-state index in [9.17, 15) is 13.6 Å². The Bertz CT molecular complexity index is 642. The fourth-order valence-corrected chi connectivity index (χ4v) is 1.57. The van der Waals surface area contributed by atoms with Gasteiger partial charge in [-0.1, -0.05) is 0 Å². The summed E-state index contributed by atoms with van der Waals surface area (Å²) in [5.41, 5.74) is 0.172. The van der Waals surface area contributed by atoms with E-state index in [2.05, 4.69) is 15.5 Å². The third-order valence-corrected chi connectivity index (χ3v) is 2.71. The van der Waals surface area contributed by atoms with Crippen molar-refractivity contribution in [3.63, 3.8) is 0 Å². The molecule has 19 heavy (non-hydrogen) atoms. The predicted molar refractivity (Wildman–Crippen MR) is 60.3 cm³/mol. The average molecular weight is 268 g/mol. The summed E-state index contributed by atoms with van der Waals surface area (Å²) in [5.74, 6) is -2.76. The van der Waals surface area contributed by atoms with Crippen molar-refractivity contribution in [2.75, 3.05) is 0 Å². The Morgan fingerprint density at radius 3 is 2.68 bits per heavy atom. The second-order valence-electron chi connectivity index (χ2n) is 4.04. The van der Waals surface area contributed by atoms with Gasteiger partial charge in [-0.15, -0.1) is 5.10 Å². The molecule has 1 atom stereocenters. The van der Waals surface area contributed by atoms with Crippen molar-refractivity contribution in [3.8, 4) is 11.4 Å². The van der Waals surface area contributed by atoms with E-state index in [-0.39, 0.29) is 17.0 Å². The molecule has 8 heteroatoms. The van der Waals surface area contributed by atoms with Crippen LogP contribution in [0.1, 0.15) is 18.5 Å². The fraction of sp³-hybridized carbons (Fsp3) is 0.273. The molecular weight excluding hydrogens is 258 g/mol. The number of rotatable bonds is 3. The molecule has 0 spiro atoms. The number of hydrogen-bond donors (Lipinski definition) is 1. The summed E-state index contributed by atoms with van der Waals surface area (Å²) in [7, 11) is 0. The summed E-state index contributed by atoms with van der Waals surface area (Å²) in [6, 6.07) is 0.895. The fourth-order valence-electron chi connectivity index (χ4n) is 1.57. The molecule has 0 aliphatic heterocycles. The minimum atomic E-state index is -1.16. The number of halogens is 2. The number of aryl methyl sites for hydroxylation is 1. The quantitative estimate of drug-likeness (QED) is 0.913. The summed E-state index contributed by atoms with van der Waals surface area (Å²) in [4.78, 5) is 10.9. The van der Waals surface area contributed by atoms with Crippen LogP contribution in [0, 0.1) is 18.6 Å². The van der Waals surface area contributed by atoms with Crippen LogP contribution in [0.15, 0.2) is 12.1 Å². The van der Waals surface area contributed by atoms with Gasteiger partial charge in [0.2, 0.25) is 0 Å². The van der Waals surface area contributed by atoms with Gasteiger partial charge in [0.25, 0.3) is 0 Å². The molecule has 0 bridgehead atoms. The maximum atomic E-state index is 13.7. The van der Waals surface area contributed by atoms with E-state index in [0.29, 0.717) is 0 Å². The molecule has 1 unspecified atom stereocenters. The smallest absolute Gasteiger partial charge is 0.328 e. The van der Waals surface area contributed by atoms with Gasteiger partial charge in [0.1, 0.15) is 11.6 Å². The van der Waals surface area contributed by atoms with Crippen LogP contribution in [0.25, 0.3) is 11.4 Å². The Balaban J connectivity index is 2.58. The Morgan fingerprint density at radius 2 is 2.05 bits per heavy atom. The molecule has 1 N–H and O–H groups in total. The van der Waals surface area contributed by atoms with Crippen LogP contribution in [-0.4, -0.2) is 31.3 Å². The van der Waals surface area contributed by atoms with E-state index in [1.165, 1.54) is 19.9 Å². The van der Waals surface area contributed by atoms with Gasteiger partial charge in [0.05, 0.1) is 5.56 Å². The molecule has 0 aliphatic carbocycles. The average Bonchev–Trinajstić information content (AvgIpc) is 2.81. The van der Waals surface area contributed by atoms with E-state index in [1.807, 2.05) is 0 Å². The monoisotopic (exact) mass is 268 g/mol. The van der Waals surface area contributed by atoms with Crippen molar-refractivity contribution in [2.24, 2.45) is 0 Å². The topological polar surface area (TPSA) is 80.9 Å². The first kappa shape index (κ1) is 13.1. The van der Waals surface area contributed by atoms with Crippen LogP contribution in [0.3, 0.4) is 0 Å². The molecule has 0 fully saturated rings. The zero-order valence-electron chi connectivity index (χ0n) is 10.1. The molecular formula is C11H10F2N4O2. The van der Waals surface area contributed by atoms with Crippen LogP contribution in [0.2, 0.25) is 0 Å². The number of aromatic nitrogens is 4. The lowest BCUT2D eigenvalue weighted by Crippen LogP contribution is -2.18. The maximum absolute atomic E-state index is 13.7. The number of benzene rings is 1. The Labute approximate surface area is 106 Å². The predicted octanol–water partition coefficient (Wildman–Crippen LogP) is 1.57. The molecule has 2 rings (SSSR count). The molecule has 100 valence electrons. The van der Waals surface area contributed by atoms with E-state index in [1.54, 1.807) is 0 Å². The molecule has 6 nitrogen and oxygen atoms in total. The SMILES string of the molecule is Cc1cc(-c2nnnn2C(C)C(=O)O)c(F)cc1F. The van der Waals surface area contributed by atoms with Crippen molar-refractivity contribution in [1.82, 2.24) is 20.2 Å². The first-order chi connectivity index (χ1) is 8.91. The minimum Gasteiger partial charge on any atom is -0.480 e. The highest BCUT2D eigenvalue weighted by atomic mass is 19.1. The Hall–Kier alpha value is -2.38. The molecule has 0 amide bonds. The van der Waals surface area contributed by atoms with Crippen molar-refractivity contribution in [2.45, 2.75) is 19.9 Å². The van der Waals surface area contributed by atoms with E-state index in [0.717, 1.165) is 10.7 Å². The van der Waals surface area contributed by atoms with E-state index < -0.39 is 23.6 Å². The van der Waals surface area contributed by atoms with E-state index in [4.69, 9.17) is 5.11 Å². The normalized spacial score (nSPS) is 12.4. The maximum Gasteiger partial charge on any atom is 0.328 e. The highest BCUT2D eigenvalue weighted by molar-refractivity contribution is 5.72. The van der Waals surface area contributed by atoms with Gasteiger partial charge in [-0.3, -0.25) is 0 Å². The van der Waals surface area contributed by atoms with E-state index >= 15 is 0 Å². The lowest BCUT2D eigenvalue weighted by atomic mass is 10.1. The first-order valence-corrected chi connectivity index (χ1v) is 5.38. The van der Waals surface area contributed by atoms with Gasteiger partial charge >= 0.3 is 5.97 Å². The van der Waals surface area contributed by atoms with Crippen LogP contribution < -0.4 is 0 Å². The van der Waals surface area contributed by atoms with Crippen molar-refractivity contribution in [3.05, 3.63) is 29.3 Å². The van der Waals surface area contributed by atoms with Gasteiger partial charge in [-0.25, -0.2) is 18.3 Å². The standard InChI is InChI=1S/C11H10F2N4O2/c1-5-3-7(9(13)4-8(5)12)10-14-15-16-17(10)6(2)11(18)19/h3-4,6H,1-2H3,(H,18,19). The van der Waals surface area contributed by atoms with Crippen LogP contribution in [-0.2, 0) is 4.79 Å². The third-order valence-electron chi connectivity index (χ3n) is 2.71. The number of carboxylic acids is 1. The molecule has 0 saturated heterocycles. The van der Waals surface area contributed by atoms with Gasteiger partial charge in [0, 0.05) is 6.07 Å². The Morgan fingerprint density at radius 1 is 1.37 bits per heavy atom. The molecule has 2 aromatic rings. The van der Waals surface area contributed by atoms with Crippen LogP contribution in [0.4, 0.5) is 8.78 Å². The number of tetrazole rings is 1. The highest BCUT2D eigenvalue weighted by Crippen LogP contribution is 2.25. The van der Waals surface area contributed by atoms with Gasteiger partial charge in [-0.05, 0) is 35.9 Å². The summed E-state index contributed by atoms with van der Waals surface area (Å²) < 4.78 is 27.9. The molecule has 1 aromatic carbocycles. The van der Waals surface area contributed by atoms with Crippen molar-refractivity contribution >= 4 is 5.97 Å². The Kier molecular flexibility index (Phi) is 3.24. The van der Waals surface area contributed by atoms with Crippen LogP contribution in [0.5, 0.6) is 0 Å². The lowest BCUT2D eigenvalue weighted by molar-refractivity contribution is -0.140. The van der Waals surface area contributed by atoms with Gasteiger partial charge in [0.15, 0.2) is 11.9 Å². The summed E-state index contributed by atoms with van der Waals surface area (Å²) >= 11 is 0. The molecule has 1 heterocycles. The number of carboxylic acid groups (broad SMARTS) is 1. The molecule has 0 saturated carbocycles. The number of aliphatic carboxylic acids is 1. The number of nitrogens with zero attached hydrogens (tertiary/aromatic N) is 4. The second-order valence-corrected chi connectivity index (χ2v) is 4.04. The first-order valence-electron chi connectivity index (χ1n) is 5.38. The highest BCUT2D eigenvalue weighted by Gasteiger charge is 2.22. The zero-order chi connectivity index (χ0) is 14.2. The second kappa shape index (κ2) is 4.71. The number of carbonyl (C=O) groups is 1. The molecule has 1 aromatic heterocycles. The molecule has 0 aliphatic rings. The van der Waals surface area contributed by atoms with Crippen LogP contribution >= 0.6 is 0 Å². The zero-order valence-corrected chi connectivity index (χ0v) is 10.1. The van der Waals surface area contributed by atoms with Crippen molar-refractivity contribution < 1.29 is 18.7 Å². The largest absolute Gasteiger partial charge is 0.480 e. The van der Waals surface area contributed by atoms with Crippen molar-refractivity contribution in [1.29, 1.82) is 0 Å². The minimum absolute atomic E-state index is 0.0444. The summed E-state index contributed by atoms with van der Waals surface area (Å²) in [6.45, 7) is 2.82. The van der Waals surface area contributed by atoms with Gasteiger partial charge in [-0.2, -0.15) is 0 Å². The lowest BCUT2D eigenvalue weighted by Gasteiger charge is -2.10. The van der Waals surface area contributed by atoms with Gasteiger partial charge < -0.3 is 5.11 Å². The summed E-state index contributed by atoms with van der Waals surface area (Å²) in [5, 5.41) is 19.4. The number of hydrogen-bond acceptors (Lipinski definition) is 4. The third kappa shape index (κ3) is 2.28. The summed E-state index contributed by atoms with van der Waals surface area (Å²) in [6.07, 6.45) is 0. The molecule has 0 radical (unpaired) electrons.